The van der Waals surface area contributed by atoms with Gasteiger partial charge in [0.2, 0.25) is 0 Å². The summed E-state index contributed by atoms with van der Waals surface area (Å²) in [4.78, 5) is 0. The second kappa shape index (κ2) is 11.2. The van der Waals surface area contributed by atoms with E-state index >= 15 is 0 Å². The Labute approximate surface area is 215 Å². The van der Waals surface area contributed by atoms with Crippen molar-refractivity contribution in [1.29, 1.82) is 0 Å². The molecular weight excluding hydrogens is 588 g/mol. The number of aromatic nitrogens is 6. The molecule has 0 fully saturated rings. The van der Waals surface area contributed by atoms with Crippen LogP contribution in [0.1, 0.15) is 0 Å². The van der Waals surface area contributed by atoms with E-state index in [0.717, 1.165) is 38.8 Å². The molecule has 2 aromatic heterocycles. The Morgan fingerprint density at radius 1 is 0.438 bits per heavy atom. The fraction of sp³-hybridized carbons (Fsp3) is 0. The summed E-state index contributed by atoms with van der Waals surface area (Å²) in [6, 6.07) is 32.5. The van der Waals surface area contributed by atoms with Crippen molar-refractivity contribution >= 4 is 22.1 Å². The molecule has 2 heterocycles. The molecule has 0 bridgehead atoms. The van der Waals surface area contributed by atoms with Gasteiger partial charge in [0, 0.05) is 5.56 Å². The Morgan fingerprint density at radius 3 is 1.81 bits per heavy atom. The zero-order valence-corrected chi connectivity index (χ0v) is 19.6. The molecule has 6 rings (SSSR count). The molecule has 0 spiro atoms. The van der Waals surface area contributed by atoms with Gasteiger partial charge in [0.15, 0.2) is 0 Å². The van der Waals surface area contributed by atoms with Crippen LogP contribution in [0.3, 0.4) is 0 Å². The number of para-hydroxylation sites is 1. The van der Waals surface area contributed by atoms with Crippen LogP contribution in [0.4, 0.5) is 0 Å². The topological polar surface area (TPSA) is 83.1 Å². The number of rotatable bonds is 2. The van der Waals surface area contributed by atoms with Crippen LogP contribution in [0.5, 0.6) is 0 Å². The minimum atomic E-state index is 0. The van der Waals surface area contributed by atoms with Gasteiger partial charge in [-0.15, -0.1) is 0 Å². The van der Waals surface area contributed by atoms with E-state index in [1.54, 1.807) is 0 Å². The van der Waals surface area contributed by atoms with Gasteiger partial charge in [0.05, 0.1) is 0 Å². The molecule has 32 heavy (non-hydrogen) atoms. The summed E-state index contributed by atoms with van der Waals surface area (Å²) >= 11 is 0. The summed E-state index contributed by atoms with van der Waals surface area (Å²) in [5, 5.41) is 21.6. The van der Waals surface area contributed by atoms with E-state index in [2.05, 4.69) is 67.2 Å². The molecule has 0 unspecified atom stereocenters. The first-order valence-electron chi connectivity index (χ1n) is 9.59. The Kier molecular flexibility index (Phi) is 8.30. The monoisotopic (exact) mass is 604 g/mol. The summed E-state index contributed by atoms with van der Waals surface area (Å²) in [5.74, 6) is 0. The van der Waals surface area contributed by atoms with Gasteiger partial charge < -0.3 is 0 Å². The largest absolute Gasteiger partial charge is 1.00 e. The standard InChI is InChI=1S/2C12H9N3.2Ag/c1-2-5-9(6-3-1)10-7-4-8-11-12(10)14-15-13-11;1-2-4-9(5-3-1)10-6-7-11-12(8-10)14-15-13-11;;/h2*1-8H,(H,13,14,15);;/q;;2*+1. The van der Waals surface area contributed by atoms with Gasteiger partial charge in [0.1, 0.15) is 22.1 Å². The van der Waals surface area contributed by atoms with Crippen molar-refractivity contribution in [2.24, 2.45) is 0 Å². The van der Waals surface area contributed by atoms with Gasteiger partial charge in [-0.05, 0) is 34.9 Å². The van der Waals surface area contributed by atoms with Gasteiger partial charge in [0.25, 0.3) is 0 Å². The Balaban J connectivity index is 0.000000170. The number of nitrogens with one attached hydrogen (secondary N) is 2. The molecule has 4 aromatic carbocycles. The zero-order valence-electron chi connectivity index (χ0n) is 16.6. The zero-order chi connectivity index (χ0) is 20.2. The average Bonchev–Trinajstić information content (AvgIpc) is 3.49. The SMILES string of the molecule is [Ag+].[Ag+].c1ccc(-c2ccc3n[nH]nc3c2)cc1.c1ccc(-c2cccc3n[nH]nc23)cc1. The van der Waals surface area contributed by atoms with E-state index in [0.29, 0.717) is 0 Å². The van der Waals surface area contributed by atoms with Crippen molar-refractivity contribution in [2.75, 3.05) is 0 Å². The van der Waals surface area contributed by atoms with Crippen LogP contribution in [0.2, 0.25) is 0 Å². The van der Waals surface area contributed by atoms with Crippen molar-refractivity contribution in [3.05, 3.63) is 97.1 Å². The van der Waals surface area contributed by atoms with E-state index in [4.69, 9.17) is 0 Å². The Bertz CT molecular complexity index is 1400. The Hall–Kier alpha value is -2.84. The molecule has 6 nitrogen and oxygen atoms in total. The van der Waals surface area contributed by atoms with Gasteiger partial charge in [-0.1, -0.05) is 78.9 Å². The second-order valence-corrected chi connectivity index (χ2v) is 6.76. The molecule has 0 aliphatic heterocycles. The molecule has 0 saturated carbocycles. The summed E-state index contributed by atoms with van der Waals surface area (Å²) in [7, 11) is 0. The first-order chi connectivity index (χ1) is 14.9. The molecule has 0 saturated heterocycles. The molecule has 8 heteroatoms. The predicted molar refractivity (Wildman–Crippen MR) is 119 cm³/mol. The van der Waals surface area contributed by atoms with Crippen LogP contribution in [-0.4, -0.2) is 30.8 Å². The summed E-state index contributed by atoms with van der Waals surface area (Å²) in [5.41, 5.74) is 8.25. The third-order valence-electron chi connectivity index (χ3n) is 4.86. The summed E-state index contributed by atoms with van der Waals surface area (Å²) < 4.78 is 0. The molecular formula is C24H18Ag2N6+2. The molecule has 164 valence electrons. The summed E-state index contributed by atoms with van der Waals surface area (Å²) in [6.45, 7) is 0. The van der Waals surface area contributed by atoms with Gasteiger partial charge in [-0.2, -0.15) is 30.8 Å². The van der Waals surface area contributed by atoms with Crippen LogP contribution in [0, 0.1) is 0 Å². The average molecular weight is 606 g/mol. The van der Waals surface area contributed by atoms with Crippen molar-refractivity contribution in [3.63, 3.8) is 0 Å². The molecule has 6 aromatic rings. The number of benzene rings is 4. The number of H-pyrrole nitrogens is 2. The van der Waals surface area contributed by atoms with Crippen molar-refractivity contribution in [2.45, 2.75) is 0 Å². The molecule has 2 N–H and O–H groups in total. The number of fused-ring (bicyclic) bond motifs is 2. The third-order valence-corrected chi connectivity index (χ3v) is 4.86. The van der Waals surface area contributed by atoms with Crippen LogP contribution in [0.15, 0.2) is 97.1 Å². The van der Waals surface area contributed by atoms with Crippen molar-refractivity contribution in [3.8, 4) is 22.3 Å². The summed E-state index contributed by atoms with van der Waals surface area (Å²) in [6.07, 6.45) is 0. The fourth-order valence-corrected chi connectivity index (χ4v) is 3.37. The molecule has 0 aliphatic rings. The van der Waals surface area contributed by atoms with Crippen molar-refractivity contribution < 1.29 is 44.8 Å². The van der Waals surface area contributed by atoms with E-state index < -0.39 is 0 Å². The van der Waals surface area contributed by atoms with Gasteiger partial charge >= 0.3 is 44.8 Å². The number of hydrogen-bond donors (Lipinski definition) is 2. The maximum atomic E-state index is 4.16. The third kappa shape index (κ3) is 5.14. The van der Waals surface area contributed by atoms with Gasteiger partial charge in [-0.25, -0.2) is 0 Å². The smallest absolute Gasteiger partial charge is 0.197 e. The van der Waals surface area contributed by atoms with E-state index in [-0.39, 0.29) is 44.8 Å². The predicted octanol–water partition coefficient (Wildman–Crippen LogP) is 5.24. The number of nitrogens with zero attached hydrogens (tertiary/aromatic N) is 4. The van der Waals surface area contributed by atoms with Crippen LogP contribution < -0.4 is 0 Å². The normalized spacial score (nSPS) is 10.0. The first-order valence-corrected chi connectivity index (χ1v) is 9.59. The minimum Gasteiger partial charge on any atom is -0.197 e. The minimum absolute atomic E-state index is 0. The van der Waals surface area contributed by atoms with E-state index in [9.17, 15) is 0 Å². The van der Waals surface area contributed by atoms with E-state index in [1.165, 1.54) is 5.56 Å². The molecule has 0 aliphatic carbocycles. The van der Waals surface area contributed by atoms with E-state index in [1.807, 2.05) is 60.7 Å². The first kappa shape index (κ1) is 23.8. The second-order valence-electron chi connectivity index (χ2n) is 6.76. The number of hydrogen-bond acceptors (Lipinski definition) is 4. The maximum Gasteiger partial charge on any atom is 1.00 e. The maximum absolute atomic E-state index is 4.16. The fourth-order valence-electron chi connectivity index (χ4n) is 3.37. The number of aromatic amines is 2. The quantitative estimate of drug-likeness (QED) is 0.264. The van der Waals surface area contributed by atoms with Crippen molar-refractivity contribution in [1.82, 2.24) is 30.8 Å². The molecule has 0 atom stereocenters. The van der Waals surface area contributed by atoms with Gasteiger partial charge in [-0.3, -0.25) is 0 Å². The van der Waals surface area contributed by atoms with Crippen LogP contribution in [-0.2, 0) is 44.8 Å². The molecule has 0 amide bonds. The Morgan fingerprint density at radius 2 is 1.06 bits per heavy atom. The molecule has 0 radical (unpaired) electrons. The van der Waals surface area contributed by atoms with Crippen LogP contribution in [0.25, 0.3) is 44.3 Å². The van der Waals surface area contributed by atoms with Crippen LogP contribution >= 0.6 is 0 Å².